The molecule has 3 aromatic rings. The van der Waals surface area contributed by atoms with Crippen LogP contribution in [-0.4, -0.2) is 60.2 Å². The molecule has 156 valence electrons. The summed E-state index contributed by atoms with van der Waals surface area (Å²) in [5, 5.41) is 0.946. The van der Waals surface area contributed by atoms with Crippen LogP contribution >= 0.6 is 11.3 Å². The molecule has 0 saturated carbocycles. The fourth-order valence-corrected chi connectivity index (χ4v) is 5.39. The first-order valence-corrected chi connectivity index (χ1v) is 11.1. The molecule has 0 aliphatic carbocycles. The third kappa shape index (κ3) is 3.44. The number of fused-ring (bicyclic) bond motifs is 1. The van der Waals surface area contributed by atoms with Gasteiger partial charge in [-0.1, -0.05) is 23.5 Å². The number of amides is 1. The van der Waals surface area contributed by atoms with Crippen molar-refractivity contribution >= 4 is 32.7 Å². The molecular formula is C22H23FN4O2S. The average molecular weight is 427 g/mol. The van der Waals surface area contributed by atoms with Gasteiger partial charge in [0.25, 0.3) is 0 Å². The van der Waals surface area contributed by atoms with E-state index < -0.39 is 5.41 Å². The van der Waals surface area contributed by atoms with Crippen molar-refractivity contribution in [3.8, 4) is 0 Å². The first-order chi connectivity index (χ1) is 14.7. The Balaban J connectivity index is 1.34. The van der Waals surface area contributed by atoms with E-state index in [4.69, 9.17) is 4.74 Å². The van der Waals surface area contributed by atoms with Gasteiger partial charge in [-0.2, -0.15) is 0 Å². The topological polar surface area (TPSA) is 58.6 Å². The van der Waals surface area contributed by atoms with Gasteiger partial charge in [-0.05, 0) is 42.7 Å². The van der Waals surface area contributed by atoms with Crippen LogP contribution < -0.4 is 4.90 Å². The summed E-state index contributed by atoms with van der Waals surface area (Å²) in [5.41, 5.74) is 0.959. The number of carbonyl (C=O) groups excluding carboxylic acids is 1. The Morgan fingerprint density at radius 2 is 1.90 bits per heavy atom. The minimum atomic E-state index is -0.706. The molecule has 0 N–H and O–H groups in total. The minimum absolute atomic E-state index is 0.0852. The average Bonchev–Trinajstić information content (AvgIpc) is 3.23. The summed E-state index contributed by atoms with van der Waals surface area (Å²) in [6.07, 6.45) is 2.94. The van der Waals surface area contributed by atoms with Crippen molar-refractivity contribution in [2.24, 2.45) is 0 Å². The summed E-state index contributed by atoms with van der Waals surface area (Å²) in [6.45, 7) is 3.73. The normalized spacial score (nSPS) is 19.2. The van der Waals surface area contributed by atoms with Gasteiger partial charge in [0.05, 0.1) is 5.41 Å². The van der Waals surface area contributed by atoms with Gasteiger partial charge in [0.15, 0.2) is 5.13 Å². The Morgan fingerprint density at radius 3 is 2.63 bits per heavy atom. The minimum Gasteiger partial charge on any atom is -0.381 e. The maximum atomic E-state index is 14.0. The van der Waals surface area contributed by atoms with E-state index in [1.165, 1.54) is 12.1 Å². The van der Waals surface area contributed by atoms with Crippen LogP contribution in [0, 0.1) is 5.82 Å². The molecule has 2 aromatic heterocycles. The number of ether oxygens (including phenoxy) is 1. The van der Waals surface area contributed by atoms with Crippen LogP contribution in [0.1, 0.15) is 18.4 Å². The van der Waals surface area contributed by atoms with Crippen LogP contribution in [0.2, 0.25) is 0 Å². The number of piperazine rings is 1. The van der Waals surface area contributed by atoms with E-state index in [0.29, 0.717) is 39.1 Å². The first-order valence-electron chi connectivity index (χ1n) is 10.3. The van der Waals surface area contributed by atoms with E-state index in [1.54, 1.807) is 23.6 Å². The van der Waals surface area contributed by atoms with E-state index in [1.807, 2.05) is 23.1 Å². The number of pyridine rings is 1. The largest absolute Gasteiger partial charge is 0.381 e. The van der Waals surface area contributed by atoms with Gasteiger partial charge in [-0.15, -0.1) is 0 Å². The maximum Gasteiger partial charge on any atom is 0.233 e. The molecule has 4 heterocycles. The molecule has 0 spiro atoms. The number of hydrogen-bond donors (Lipinski definition) is 0. The van der Waals surface area contributed by atoms with Crippen LogP contribution in [0.5, 0.6) is 0 Å². The summed E-state index contributed by atoms with van der Waals surface area (Å²) in [4.78, 5) is 27.8. The molecule has 30 heavy (non-hydrogen) atoms. The van der Waals surface area contributed by atoms with Gasteiger partial charge in [0, 0.05) is 45.6 Å². The molecular weight excluding hydrogens is 403 g/mol. The third-order valence-corrected chi connectivity index (χ3v) is 7.17. The van der Waals surface area contributed by atoms with Gasteiger partial charge in [0.1, 0.15) is 16.2 Å². The number of carbonyl (C=O) groups is 1. The highest BCUT2D eigenvalue weighted by Gasteiger charge is 2.44. The number of thiazole rings is 1. The fourth-order valence-electron chi connectivity index (χ4n) is 4.43. The molecule has 0 atom stereocenters. The Labute approximate surface area is 178 Å². The second kappa shape index (κ2) is 7.92. The number of nitrogens with zero attached hydrogens (tertiary/aromatic N) is 4. The Hall–Kier alpha value is -2.58. The van der Waals surface area contributed by atoms with Crippen LogP contribution in [0.25, 0.3) is 10.3 Å². The van der Waals surface area contributed by atoms with Crippen molar-refractivity contribution in [1.82, 2.24) is 14.9 Å². The Morgan fingerprint density at radius 1 is 1.10 bits per heavy atom. The van der Waals surface area contributed by atoms with E-state index in [9.17, 15) is 9.18 Å². The monoisotopic (exact) mass is 426 g/mol. The highest BCUT2D eigenvalue weighted by atomic mass is 32.1. The summed E-state index contributed by atoms with van der Waals surface area (Å²) in [5.74, 6) is -0.220. The number of rotatable bonds is 3. The molecule has 2 fully saturated rings. The summed E-state index contributed by atoms with van der Waals surface area (Å²) >= 11 is 1.58. The van der Waals surface area contributed by atoms with Gasteiger partial charge in [-0.25, -0.2) is 14.4 Å². The van der Waals surface area contributed by atoms with Crippen molar-refractivity contribution in [3.05, 3.63) is 54.0 Å². The summed E-state index contributed by atoms with van der Waals surface area (Å²) in [6, 6.07) is 10.4. The maximum absolute atomic E-state index is 14.0. The molecule has 0 bridgehead atoms. The van der Waals surface area contributed by atoms with Crippen molar-refractivity contribution in [1.29, 1.82) is 0 Å². The van der Waals surface area contributed by atoms with Crippen LogP contribution in [0.15, 0.2) is 42.6 Å². The molecule has 1 amide bonds. The molecule has 2 aliphatic rings. The Kier molecular flexibility index (Phi) is 5.12. The van der Waals surface area contributed by atoms with Crippen LogP contribution in [0.4, 0.5) is 9.52 Å². The lowest BCUT2D eigenvalue weighted by atomic mass is 9.73. The number of halogens is 1. The van der Waals surface area contributed by atoms with E-state index in [2.05, 4.69) is 14.9 Å². The summed E-state index contributed by atoms with van der Waals surface area (Å²) < 4.78 is 19.5. The standard InChI is InChI=1S/C22H23FN4O2S/c23-17-4-1-3-16(15-17)22(6-13-29-14-7-22)20(28)26-9-11-27(12-10-26)21-25-18-5-2-8-24-19(18)30-21/h1-5,8,15H,6-7,9-14H2. The van der Waals surface area contributed by atoms with Crippen molar-refractivity contribution in [3.63, 3.8) is 0 Å². The molecule has 0 radical (unpaired) electrons. The molecule has 2 saturated heterocycles. The number of benzene rings is 1. The molecule has 2 aliphatic heterocycles. The zero-order valence-electron chi connectivity index (χ0n) is 16.6. The van der Waals surface area contributed by atoms with Gasteiger partial charge in [0.2, 0.25) is 5.91 Å². The van der Waals surface area contributed by atoms with Gasteiger partial charge < -0.3 is 14.5 Å². The predicted octanol–water partition coefficient (Wildman–Crippen LogP) is 3.23. The molecule has 5 rings (SSSR count). The third-order valence-electron chi connectivity index (χ3n) is 6.13. The SMILES string of the molecule is O=C(N1CCN(c2nc3cccnc3s2)CC1)C1(c2cccc(F)c2)CCOCC1. The lowest BCUT2D eigenvalue weighted by Crippen LogP contribution is -2.56. The second-order valence-electron chi connectivity index (χ2n) is 7.81. The van der Waals surface area contributed by atoms with Crippen LogP contribution in [-0.2, 0) is 14.9 Å². The van der Waals surface area contributed by atoms with Gasteiger partial charge >= 0.3 is 0 Å². The lowest BCUT2D eigenvalue weighted by molar-refractivity contribution is -0.141. The summed E-state index contributed by atoms with van der Waals surface area (Å²) in [7, 11) is 0. The van der Waals surface area contributed by atoms with Crippen molar-refractivity contribution < 1.29 is 13.9 Å². The zero-order valence-corrected chi connectivity index (χ0v) is 17.4. The predicted molar refractivity (Wildman–Crippen MR) is 114 cm³/mol. The zero-order chi connectivity index (χ0) is 20.6. The smallest absolute Gasteiger partial charge is 0.233 e. The highest BCUT2D eigenvalue weighted by Crippen LogP contribution is 2.38. The number of hydrogen-bond acceptors (Lipinski definition) is 6. The fraction of sp³-hybridized carbons (Fsp3) is 0.409. The quantitative estimate of drug-likeness (QED) is 0.644. The van der Waals surface area contributed by atoms with Gasteiger partial charge in [-0.3, -0.25) is 4.79 Å². The molecule has 1 aromatic carbocycles. The molecule has 8 heteroatoms. The number of anilines is 1. The first kappa shape index (κ1) is 19.4. The second-order valence-corrected chi connectivity index (χ2v) is 8.76. The van der Waals surface area contributed by atoms with Crippen molar-refractivity contribution in [2.75, 3.05) is 44.3 Å². The van der Waals surface area contributed by atoms with E-state index in [-0.39, 0.29) is 11.7 Å². The van der Waals surface area contributed by atoms with E-state index in [0.717, 1.165) is 34.1 Å². The van der Waals surface area contributed by atoms with E-state index >= 15 is 0 Å². The van der Waals surface area contributed by atoms with Crippen LogP contribution in [0.3, 0.4) is 0 Å². The molecule has 6 nitrogen and oxygen atoms in total. The molecule has 0 unspecified atom stereocenters. The lowest BCUT2D eigenvalue weighted by Gasteiger charge is -2.43. The van der Waals surface area contributed by atoms with Crippen molar-refractivity contribution in [2.45, 2.75) is 18.3 Å². The number of aromatic nitrogens is 2. The Bertz CT molecular complexity index is 1020. The highest BCUT2D eigenvalue weighted by molar-refractivity contribution is 7.21.